The number of aliphatic carboxylic acids is 1. The maximum Gasteiger partial charge on any atom is 0.308 e. The van der Waals surface area contributed by atoms with Crippen molar-refractivity contribution in [1.82, 2.24) is 4.90 Å². The van der Waals surface area contributed by atoms with Gasteiger partial charge in [0.15, 0.2) is 0 Å². The number of hydrogen-bond acceptors (Lipinski definition) is 3. The topological polar surface area (TPSA) is 40.5 Å². The lowest BCUT2D eigenvalue weighted by atomic mass is 9.74. The van der Waals surface area contributed by atoms with Gasteiger partial charge in [0.2, 0.25) is 0 Å². The zero-order valence-electron chi connectivity index (χ0n) is 8.76. The van der Waals surface area contributed by atoms with E-state index in [0.717, 1.165) is 25.4 Å². The average molecular weight is 227 g/mol. The predicted octanol–water partition coefficient (Wildman–Crippen LogP) is 1.14. The van der Waals surface area contributed by atoms with Crippen molar-refractivity contribution in [3.05, 3.63) is 0 Å². The molecule has 0 aromatic heterocycles. The molecule has 1 aliphatic carbocycles. The third-order valence-corrected chi connectivity index (χ3v) is 5.44. The van der Waals surface area contributed by atoms with E-state index in [4.69, 9.17) is 5.11 Å². The minimum absolute atomic E-state index is 0.0425. The largest absolute Gasteiger partial charge is 0.481 e. The molecule has 1 saturated carbocycles. The molecule has 4 rings (SSSR count). The fraction of sp³-hybridized carbons (Fsp3) is 0.909. The number of fused-ring (bicyclic) bond motifs is 1. The minimum atomic E-state index is -0.570. The second kappa shape index (κ2) is 3.67. The Labute approximate surface area is 94.2 Å². The first-order valence-corrected chi connectivity index (χ1v) is 6.96. The van der Waals surface area contributed by atoms with E-state index >= 15 is 0 Å². The zero-order chi connectivity index (χ0) is 10.4. The van der Waals surface area contributed by atoms with Crippen LogP contribution in [0, 0.1) is 17.8 Å². The molecule has 0 amide bonds. The lowest BCUT2D eigenvalue weighted by molar-refractivity contribution is -0.147. The Morgan fingerprint density at radius 3 is 3.00 bits per heavy atom. The Balaban J connectivity index is 1.58. The number of nitrogens with zero attached hydrogens (tertiary/aromatic N) is 1. The van der Waals surface area contributed by atoms with Crippen molar-refractivity contribution in [2.24, 2.45) is 17.8 Å². The maximum atomic E-state index is 11.0. The molecular weight excluding hydrogens is 210 g/mol. The molecule has 84 valence electrons. The summed E-state index contributed by atoms with van der Waals surface area (Å²) in [5.74, 6) is 3.25. The van der Waals surface area contributed by atoms with E-state index in [1.165, 1.54) is 17.9 Å². The van der Waals surface area contributed by atoms with Gasteiger partial charge >= 0.3 is 5.97 Å². The number of thioether (sulfide) groups is 1. The van der Waals surface area contributed by atoms with Crippen LogP contribution in [-0.4, -0.2) is 46.6 Å². The molecule has 4 atom stereocenters. The summed E-state index contributed by atoms with van der Waals surface area (Å²) in [6.07, 6.45) is 2.47. The van der Waals surface area contributed by atoms with Crippen LogP contribution in [0.4, 0.5) is 0 Å². The van der Waals surface area contributed by atoms with Gasteiger partial charge in [-0.15, -0.1) is 0 Å². The molecule has 0 aromatic rings. The van der Waals surface area contributed by atoms with Crippen LogP contribution < -0.4 is 0 Å². The molecule has 3 nitrogen and oxygen atoms in total. The summed E-state index contributed by atoms with van der Waals surface area (Å²) >= 11 is 2.04. The molecular formula is C11H17NO2S. The second-order valence-corrected chi connectivity index (χ2v) is 6.26. The van der Waals surface area contributed by atoms with Crippen LogP contribution in [0.5, 0.6) is 0 Å². The molecule has 3 aliphatic heterocycles. The lowest BCUT2D eigenvalue weighted by Crippen LogP contribution is -2.44. The SMILES string of the molecule is O=C(O)C1C2CC1N(CC1CCSC1)C2. The van der Waals surface area contributed by atoms with Gasteiger partial charge < -0.3 is 5.11 Å². The fourth-order valence-corrected chi connectivity index (χ4v) is 4.63. The van der Waals surface area contributed by atoms with E-state index in [1.54, 1.807) is 0 Å². The summed E-state index contributed by atoms with van der Waals surface area (Å²) in [5.41, 5.74) is 0. The first-order chi connectivity index (χ1) is 7.25. The molecule has 4 aliphatic rings. The quantitative estimate of drug-likeness (QED) is 0.785. The summed E-state index contributed by atoms with van der Waals surface area (Å²) < 4.78 is 0. The maximum absolute atomic E-state index is 11.0. The van der Waals surface area contributed by atoms with Crippen molar-refractivity contribution >= 4 is 17.7 Å². The summed E-state index contributed by atoms with van der Waals surface area (Å²) in [7, 11) is 0. The van der Waals surface area contributed by atoms with E-state index in [-0.39, 0.29) is 5.92 Å². The molecule has 4 fully saturated rings. The number of rotatable bonds is 3. The van der Waals surface area contributed by atoms with Crippen molar-refractivity contribution in [2.45, 2.75) is 18.9 Å². The highest BCUT2D eigenvalue weighted by Crippen LogP contribution is 2.47. The third-order valence-electron chi connectivity index (χ3n) is 4.21. The highest BCUT2D eigenvalue weighted by molar-refractivity contribution is 7.99. The van der Waals surface area contributed by atoms with Crippen molar-refractivity contribution in [2.75, 3.05) is 24.6 Å². The van der Waals surface area contributed by atoms with Gasteiger partial charge in [-0.05, 0) is 36.2 Å². The minimum Gasteiger partial charge on any atom is -0.481 e. The molecule has 1 N–H and O–H groups in total. The summed E-state index contributed by atoms with van der Waals surface area (Å²) in [4.78, 5) is 13.4. The van der Waals surface area contributed by atoms with Crippen molar-refractivity contribution in [1.29, 1.82) is 0 Å². The van der Waals surface area contributed by atoms with Gasteiger partial charge in [-0.3, -0.25) is 9.69 Å². The predicted molar refractivity (Wildman–Crippen MR) is 60.0 cm³/mol. The Hall–Kier alpha value is -0.220. The molecule has 0 radical (unpaired) electrons. The van der Waals surface area contributed by atoms with Gasteiger partial charge in [0, 0.05) is 19.1 Å². The Morgan fingerprint density at radius 2 is 2.40 bits per heavy atom. The number of carboxylic acid groups (broad SMARTS) is 1. The van der Waals surface area contributed by atoms with Crippen LogP contribution in [0.3, 0.4) is 0 Å². The van der Waals surface area contributed by atoms with E-state index < -0.39 is 5.97 Å². The molecule has 4 unspecified atom stereocenters. The Bertz CT molecular complexity index is 278. The van der Waals surface area contributed by atoms with E-state index in [2.05, 4.69) is 4.90 Å². The fourth-order valence-electron chi connectivity index (χ4n) is 3.36. The highest BCUT2D eigenvalue weighted by Gasteiger charge is 2.55. The molecule has 0 aromatic carbocycles. The second-order valence-electron chi connectivity index (χ2n) is 5.11. The number of carbonyl (C=O) groups is 1. The monoisotopic (exact) mass is 227 g/mol. The Kier molecular flexibility index (Phi) is 2.44. The summed E-state index contributed by atoms with van der Waals surface area (Å²) in [5, 5.41) is 9.06. The molecule has 4 heteroatoms. The normalized spacial score (nSPS) is 44.3. The zero-order valence-corrected chi connectivity index (χ0v) is 9.58. The lowest BCUT2D eigenvalue weighted by Gasteiger charge is -2.34. The van der Waals surface area contributed by atoms with Crippen LogP contribution in [-0.2, 0) is 4.79 Å². The summed E-state index contributed by atoms with van der Waals surface area (Å²) in [6.45, 7) is 2.20. The first-order valence-electron chi connectivity index (χ1n) is 5.80. The van der Waals surface area contributed by atoms with Crippen molar-refractivity contribution < 1.29 is 9.90 Å². The van der Waals surface area contributed by atoms with E-state index in [1.807, 2.05) is 11.8 Å². The molecule has 2 bridgehead atoms. The number of carboxylic acids is 1. The third kappa shape index (κ3) is 1.58. The smallest absolute Gasteiger partial charge is 0.308 e. The average Bonchev–Trinajstić information content (AvgIpc) is 2.77. The summed E-state index contributed by atoms with van der Waals surface area (Å²) in [6, 6.07) is 0.373. The first kappa shape index (κ1) is 9.97. The van der Waals surface area contributed by atoms with Crippen molar-refractivity contribution in [3.8, 4) is 0 Å². The van der Waals surface area contributed by atoms with Crippen LogP contribution >= 0.6 is 11.8 Å². The molecule has 3 saturated heterocycles. The highest BCUT2D eigenvalue weighted by atomic mass is 32.2. The van der Waals surface area contributed by atoms with Gasteiger partial charge in [0.25, 0.3) is 0 Å². The van der Waals surface area contributed by atoms with Gasteiger partial charge in [0.1, 0.15) is 0 Å². The van der Waals surface area contributed by atoms with Gasteiger partial charge in [-0.25, -0.2) is 0 Å². The van der Waals surface area contributed by atoms with Crippen molar-refractivity contribution in [3.63, 3.8) is 0 Å². The van der Waals surface area contributed by atoms with Gasteiger partial charge in [-0.2, -0.15) is 11.8 Å². The van der Waals surface area contributed by atoms with Gasteiger partial charge in [0.05, 0.1) is 5.92 Å². The van der Waals surface area contributed by atoms with Crippen LogP contribution in [0.1, 0.15) is 12.8 Å². The molecule has 0 spiro atoms. The number of hydrogen-bond donors (Lipinski definition) is 1. The standard InChI is InChI=1S/C11H17NO2S/c13-11(14)10-8-3-9(10)12(5-8)4-7-1-2-15-6-7/h7-10H,1-6H2,(H,13,14). The Morgan fingerprint density at radius 1 is 1.53 bits per heavy atom. The van der Waals surface area contributed by atoms with Gasteiger partial charge in [-0.1, -0.05) is 0 Å². The van der Waals surface area contributed by atoms with Crippen LogP contribution in [0.15, 0.2) is 0 Å². The molecule has 3 heterocycles. The van der Waals surface area contributed by atoms with Crippen LogP contribution in [0.25, 0.3) is 0 Å². The van der Waals surface area contributed by atoms with Crippen LogP contribution in [0.2, 0.25) is 0 Å². The molecule has 15 heavy (non-hydrogen) atoms. The van der Waals surface area contributed by atoms with E-state index in [0.29, 0.717) is 12.0 Å². The van der Waals surface area contributed by atoms with E-state index in [9.17, 15) is 4.79 Å².